The number of thiazole rings is 2. The number of hydrogen-bond donors (Lipinski definition) is 3. The molecule has 1 amide bonds. The average molecular weight is 680 g/mol. The van der Waals surface area contributed by atoms with Gasteiger partial charge in [-0.3, -0.25) is 4.79 Å². The number of amides is 1. The molecule has 4 heterocycles. The van der Waals surface area contributed by atoms with Gasteiger partial charge in [-0.2, -0.15) is 0 Å². The number of rotatable bonds is 10. The molecule has 0 spiro atoms. The molecular weight excluding hydrogens is 643 g/mol. The number of hydrogen-bond acceptors (Lipinski definition) is 14. The quantitative estimate of drug-likeness (QED) is 0.197. The van der Waals surface area contributed by atoms with Gasteiger partial charge in [0.1, 0.15) is 22.4 Å². The summed E-state index contributed by atoms with van der Waals surface area (Å²) in [5, 5.41) is 15.4. The summed E-state index contributed by atoms with van der Waals surface area (Å²) in [5.41, 5.74) is 6.49. The van der Waals surface area contributed by atoms with E-state index in [9.17, 15) is 4.79 Å². The Hall–Kier alpha value is -3.41. The first-order valence-corrected chi connectivity index (χ1v) is 15.2. The molecule has 4 rings (SSSR count). The maximum absolute atomic E-state index is 10.5. The van der Waals surface area contributed by atoms with Crippen LogP contribution in [0.4, 0.5) is 23.5 Å². The van der Waals surface area contributed by atoms with Gasteiger partial charge in [0.2, 0.25) is 17.8 Å². The highest BCUT2D eigenvalue weighted by atomic mass is 79.9. The lowest BCUT2D eigenvalue weighted by Gasteiger charge is -2.17. The monoisotopic (exact) mass is 679 g/mol. The lowest BCUT2D eigenvalue weighted by atomic mass is 10.3. The van der Waals surface area contributed by atoms with E-state index in [1.165, 1.54) is 42.0 Å². The largest absolute Gasteiger partial charge is 0.569 e. The van der Waals surface area contributed by atoms with Crippen molar-refractivity contribution in [2.24, 2.45) is 0 Å². The first-order chi connectivity index (χ1) is 19.7. The fourth-order valence-corrected chi connectivity index (χ4v) is 4.74. The maximum atomic E-state index is 10.5. The van der Waals surface area contributed by atoms with E-state index >= 15 is 0 Å². The van der Waals surface area contributed by atoms with Crippen LogP contribution in [0.5, 0.6) is 5.75 Å². The third kappa shape index (κ3) is 12.2. The van der Waals surface area contributed by atoms with Gasteiger partial charge in [0, 0.05) is 61.8 Å². The van der Waals surface area contributed by atoms with Crippen LogP contribution >= 0.6 is 38.6 Å². The predicted molar refractivity (Wildman–Crippen MR) is 176 cm³/mol. The van der Waals surface area contributed by atoms with Gasteiger partial charge in [0.05, 0.1) is 12.4 Å². The summed E-state index contributed by atoms with van der Waals surface area (Å²) >= 11 is 6.11. The summed E-state index contributed by atoms with van der Waals surface area (Å²) in [6, 6.07) is 0. The number of nitrogen functional groups attached to an aromatic ring is 1. The second-order valence-electron chi connectivity index (χ2n) is 7.80. The van der Waals surface area contributed by atoms with Crippen LogP contribution in [0.25, 0.3) is 10.6 Å². The number of anilines is 4. The molecule has 227 valence electrons. The molecule has 0 aromatic carbocycles. The lowest BCUT2D eigenvalue weighted by molar-refractivity contribution is -0.114. The summed E-state index contributed by atoms with van der Waals surface area (Å²) in [7, 11) is 0.607. The molecule has 0 bridgehead atoms. The molecule has 4 aromatic heterocycles. The van der Waals surface area contributed by atoms with Crippen LogP contribution in [-0.2, 0) is 4.79 Å². The Labute approximate surface area is 264 Å². The molecule has 4 aromatic rings. The molecule has 0 aliphatic carbocycles. The van der Waals surface area contributed by atoms with Gasteiger partial charge in [0.25, 0.3) is 0 Å². The van der Waals surface area contributed by atoms with Crippen LogP contribution < -0.4 is 25.5 Å². The Morgan fingerprint density at radius 2 is 1.48 bits per heavy atom. The van der Waals surface area contributed by atoms with E-state index in [-0.39, 0.29) is 13.3 Å². The highest BCUT2D eigenvalue weighted by Crippen LogP contribution is 2.24. The lowest BCUT2D eigenvalue weighted by Crippen LogP contribution is -2.24. The van der Waals surface area contributed by atoms with E-state index in [2.05, 4.69) is 69.9 Å². The summed E-state index contributed by atoms with van der Waals surface area (Å²) in [5.74, 6) is 2.88. The number of carbonyl (C=O) groups is 1. The summed E-state index contributed by atoms with van der Waals surface area (Å²) in [6.07, 6.45) is 6.62. The number of carbonyl (C=O) groups excluding carboxylic acids is 1. The van der Waals surface area contributed by atoms with Crippen LogP contribution in [0.1, 0.15) is 42.0 Å². The summed E-state index contributed by atoms with van der Waals surface area (Å²) in [4.78, 5) is 39.6. The van der Waals surface area contributed by atoms with Gasteiger partial charge < -0.3 is 30.5 Å². The van der Waals surface area contributed by atoms with E-state index in [0.717, 1.165) is 46.6 Å². The minimum absolute atomic E-state index is 0. The van der Waals surface area contributed by atoms with Crippen LogP contribution in [0.15, 0.2) is 39.5 Å². The fourth-order valence-electron chi connectivity index (χ4n) is 3.11. The number of nitrogens with zero attached hydrogens (tertiary/aromatic N) is 8. The molecule has 17 heteroatoms. The van der Waals surface area contributed by atoms with E-state index in [0.29, 0.717) is 31.0 Å². The van der Waals surface area contributed by atoms with Crippen molar-refractivity contribution in [3.8, 4) is 16.3 Å². The molecule has 0 saturated carbocycles. The van der Waals surface area contributed by atoms with Gasteiger partial charge >= 0.3 is 7.69 Å². The van der Waals surface area contributed by atoms with E-state index < -0.39 is 0 Å². The van der Waals surface area contributed by atoms with Crippen molar-refractivity contribution in [1.29, 1.82) is 0 Å². The Morgan fingerprint density at radius 3 is 1.86 bits per heavy atom. The molecule has 0 saturated heterocycles. The van der Waals surface area contributed by atoms with E-state index in [1.54, 1.807) is 17.8 Å². The minimum Gasteiger partial charge on any atom is -0.535 e. The normalized spacial score (nSPS) is 9.69. The van der Waals surface area contributed by atoms with Gasteiger partial charge in [-0.15, -0.1) is 22.7 Å². The highest BCUT2D eigenvalue weighted by Gasteiger charge is 2.08. The van der Waals surface area contributed by atoms with Crippen LogP contribution in [-0.4, -0.2) is 74.7 Å². The molecule has 0 unspecified atom stereocenters. The van der Waals surface area contributed by atoms with Crippen molar-refractivity contribution >= 4 is 75.7 Å². The number of halogens is 1. The minimum atomic E-state index is -0.0993. The SMILES string of the molecule is C.CC(=O)Nc1csc(Br)n1.CCN(CC)c1ncc(-c2nc(N)cs2)cn1.CCN(CC)c1ncc(O[B]O)cn1. The average Bonchev–Trinajstić information content (AvgIpc) is 3.59. The molecule has 0 atom stereocenters. The van der Waals surface area contributed by atoms with Crippen LogP contribution in [0, 0.1) is 0 Å². The van der Waals surface area contributed by atoms with Gasteiger partial charge in [0.15, 0.2) is 3.92 Å². The molecule has 42 heavy (non-hydrogen) atoms. The number of nitrogens with two attached hydrogens (primary N) is 1. The fraction of sp³-hybridized carbons (Fsp3) is 0.400. The van der Waals surface area contributed by atoms with Gasteiger partial charge in [-0.05, 0) is 43.6 Å². The smallest absolute Gasteiger partial charge is 0.535 e. The standard InChI is InChI=1S/C11H15N5S.C8H13BN3O2.C5H5BrN2OS.CH4/c1-3-16(4-2)11-13-5-8(6-14-11)10-15-9(12)7-17-10;1-3-12(4-2)8-10-5-7(6-11-8)14-9-13;1-3(9)7-4-2-10-5(6)8-4;/h5-7H,3-4,12H2,1-2H3;5-6,13H,3-4H2,1-2H3;2H,1H3,(H,7,9);1H4. The zero-order chi connectivity index (χ0) is 30.2. The second kappa shape index (κ2) is 19.7. The van der Waals surface area contributed by atoms with Crippen molar-refractivity contribution in [2.45, 2.75) is 42.0 Å². The Morgan fingerprint density at radius 1 is 0.952 bits per heavy atom. The predicted octanol–water partition coefficient (Wildman–Crippen LogP) is 4.76. The van der Waals surface area contributed by atoms with Crippen LogP contribution in [0.3, 0.4) is 0 Å². The Balaban J connectivity index is 0.000000322. The Kier molecular flexibility index (Phi) is 17.1. The van der Waals surface area contributed by atoms with E-state index in [1.807, 2.05) is 24.1 Å². The topological polar surface area (TPSA) is 168 Å². The maximum Gasteiger partial charge on any atom is 0.569 e. The van der Waals surface area contributed by atoms with Crippen molar-refractivity contribution < 1.29 is 14.5 Å². The van der Waals surface area contributed by atoms with Crippen molar-refractivity contribution in [1.82, 2.24) is 29.9 Å². The zero-order valence-corrected chi connectivity index (χ0v) is 26.7. The number of nitrogens with one attached hydrogen (secondary N) is 1. The molecule has 13 nitrogen and oxygen atoms in total. The third-order valence-corrected chi connectivity index (χ3v) is 7.36. The van der Waals surface area contributed by atoms with Crippen molar-refractivity contribution in [3.05, 3.63) is 39.5 Å². The van der Waals surface area contributed by atoms with Crippen molar-refractivity contribution in [2.75, 3.05) is 47.0 Å². The molecule has 1 radical (unpaired) electrons. The van der Waals surface area contributed by atoms with Gasteiger partial charge in [-0.1, -0.05) is 7.43 Å². The molecular formula is C25H37BBrN10O3S2. The Bertz CT molecular complexity index is 1300. The first-order valence-electron chi connectivity index (χ1n) is 12.6. The second-order valence-corrected chi connectivity index (χ2v) is 10.8. The molecule has 4 N–H and O–H groups in total. The highest BCUT2D eigenvalue weighted by molar-refractivity contribution is 9.11. The van der Waals surface area contributed by atoms with E-state index in [4.69, 9.17) is 15.4 Å². The summed E-state index contributed by atoms with van der Waals surface area (Å²) < 4.78 is 5.47. The van der Waals surface area contributed by atoms with Crippen LogP contribution in [0.2, 0.25) is 0 Å². The first kappa shape index (κ1) is 36.6. The van der Waals surface area contributed by atoms with Gasteiger partial charge in [-0.25, -0.2) is 29.9 Å². The number of aromatic nitrogens is 6. The third-order valence-electron chi connectivity index (χ3n) is 5.08. The summed E-state index contributed by atoms with van der Waals surface area (Å²) in [6.45, 7) is 13.2. The molecule has 0 fully saturated rings. The zero-order valence-electron chi connectivity index (χ0n) is 23.5. The van der Waals surface area contributed by atoms with Crippen molar-refractivity contribution in [3.63, 3.8) is 0 Å². The molecule has 0 aliphatic heterocycles. The molecule has 0 aliphatic rings.